The van der Waals surface area contributed by atoms with Crippen molar-refractivity contribution in [3.63, 3.8) is 0 Å². The van der Waals surface area contributed by atoms with E-state index < -0.39 is 10.0 Å². The maximum atomic E-state index is 13.1. The van der Waals surface area contributed by atoms with Crippen LogP contribution in [0.15, 0.2) is 52.2 Å². The van der Waals surface area contributed by atoms with E-state index in [9.17, 15) is 8.42 Å². The Labute approximate surface area is 158 Å². The van der Waals surface area contributed by atoms with E-state index in [1.54, 1.807) is 46.4 Å². The molecular formula is C19H22N4O3S. The maximum absolute atomic E-state index is 13.1. The highest BCUT2D eigenvalue weighted by molar-refractivity contribution is 7.89. The van der Waals surface area contributed by atoms with Crippen molar-refractivity contribution in [1.82, 2.24) is 19.1 Å². The van der Waals surface area contributed by atoms with Crippen LogP contribution < -0.4 is 0 Å². The van der Waals surface area contributed by atoms with Gasteiger partial charge in [-0.05, 0) is 30.5 Å². The predicted octanol–water partition coefficient (Wildman–Crippen LogP) is 2.95. The van der Waals surface area contributed by atoms with Gasteiger partial charge in [0.2, 0.25) is 10.0 Å². The van der Waals surface area contributed by atoms with Crippen molar-refractivity contribution in [1.29, 1.82) is 0 Å². The highest BCUT2D eigenvalue weighted by atomic mass is 32.2. The van der Waals surface area contributed by atoms with Crippen LogP contribution in [0.4, 0.5) is 0 Å². The molecule has 7 nitrogen and oxygen atoms in total. The molecule has 1 fully saturated rings. The molecule has 0 amide bonds. The number of hydrogen-bond donors (Lipinski definition) is 0. The number of oxazole rings is 1. The molecule has 0 aliphatic carbocycles. The summed E-state index contributed by atoms with van der Waals surface area (Å²) in [6, 6.07) is 6.82. The molecule has 1 aromatic carbocycles. The average molecular weight is 386 g/mol. The molecule has 0 saturated carbocycles. The average Bonchev–Trinajstić information content (AvgIpc) is 3.30. The van der Waals surface area contributed by atoms with Crippen molar-refractivity contribution in [2.24, 2.45) is 7.05 Å². The summed E-state index contributed by atoms with van der Waals surface area (Å²) in [5, 5.41) is 4.21. The number of nitrogens with zero attached hydrogens (tertiary/aromatic N) is 4. The number of sulfonamides is 1. The third-order valence-corrected chi connectivity index (χ3v) is 6.87. The predicted molar refractivity (Wildman–Crippen MR) is 101 cm³/mol. The minimum absolute atomic E-state index is 0.180. The Morgan fingerprint density at radius 2 is 2.00 bits per heavy atom. The smallest absolute Gasteiger partial charge is 0.243 e. The van der Waals surface area contributed by atoms with Crippen molar-refractivity contribution < 1.29 is 12.8 Å². The summed E-state index contributed by atoms with van der Waals surface area (Å²) in [4.78, 5) is 4.58. The largest absolute Gasteiger partial charge is 0.449 e. The molecule has 8 heteroatoms. The Balaban J connectivity index is 1.55. The van der Waals surface area contributed by atoms with E-state index in [4.69, 9.17) is 4.42 Å². The number of benzene rings is 1. The van der Waals surface area contributed by atoms with Crippen molar-refractivity contribution in [3.05, 3.63) is 54.4 Å². The molecule has 0 radical (unpaired) electrons. The van der Waals surface area contributed by atoms with Crippen LogP contribution in [-0.4, -0.2) is 40.6 Å². The topological polar surface area (TPSA) is 81.2 Å². The number of hydrogen-bond acceptors (Lipinski definition) is 5. The van der Waals surface area contributed by atoms with Crippen molar-refractivity contribution in [2.75, 3.05) is 13.1 Å². The van der Waals surface area contributed by atoms with E-state index in [0.29, 0.717) is 29.6 Å². The highest BCUT2D eigenvalue weighted by Crippen LogP contribution is 2.30. The van der Waals surface area contributed by atoms with Crippen LogP contribution in [0.3, 0.4) is 0 Å². The first-order valence-corrected chi connectivity index (χ1v) is 10.4. The van der Waals surface area contributed by atoms with Gasteiger partial charge in [0.15, 0.2) is 5.89 Å². The lowest BCUT2D eigenvalue weighted by Crippen LogP contribution is -2.39. The number of aryl methyl sites for hydroxylation is 2. The van der Waals surface area contributed by atoms with Gasteiger partial charge in [-0.1, -0.05) is 12.1 Å². The van der Waals surface area contributed by atoms with Gasteiger partial charge in [0.25, 0.3) is 0 Å². The van der Waals surface area contributed by atoms with E-state index in [1.807, 2.05) is 19.4 Å². The summed E-state index contributed by atoms with van der Waals surface area (Å²) in [5.74, 6) is 0.760. The molecule has 1 aliphatic rings. The van der Waals surface area contributed by atoms with Crippen molar-refractivity contribution in [3.8, 4) is 11.3 Å². The summed E-state index contributed by atoms with van der Waals surface area (Å²) in [5.41, 5.74) is 2.62. The molecule has 0 spiro atoms. The zero-order chi connectivity index (χ0) is 19.0. The van der Waals surface area contributed by atoms with E-state index in [2.05, 4.69) is 10.1 Å². The van der Waals surface area contributed by atoms with Crippen LogP contribution in [0.2, 0.25) is 0 Å². The summed E-state index contributed by atoms with van der Waals surface area (Å²) in [7, 11) is -1.65. The van der Waals surface area contributed by atoms with Crippen LogP contribution in [0, 0.1) is 6.92 Å². The van der Waals surface area contributed by atoms with Gasteiger partial charge < -0.3 is 4.42 Å². The number of piperidine rings is 1. The van der Waals surface area contributed by atoms with Crippen molar-refractivity contribution in [2.45, 2.75) is 30.6 Å². The van der Waals surface area contributed by atoms with Crippen LogP contribution in [0.5, 0.6) is 0 Å². The first kappa shape index (κ1) is 17.9. The van der Waals surface area contributed by atoms with E-state index in [1.165, 1.54) is 0 Å². The first-order chi connectivity index (χ1) is 12.9. The van der Waals surface area contributed by atoms with Gasteiger partial charge in [0, 0.05) is 44.7 Å². The lowest BCUT2D eigenvalue weighted by Gasteiger charge is -2.31. The fourth-order valence-electron chi connectivity index (χ4n) is 3.53. The quantitative estimate of drug-likeness (QED) is 0.689. The van der Waals surface area contributed by atoms with E-state index in [0.717, 1.165) is 24.0 Å². The Bertz CT molecular complexity index is 1040. The minimum Gasteiger partial charge on any atom is -0.449 e. The Kier molecular flexibility index (Phi) is 4.61. The normalized spacial score (nSPS) is 18.7. The molecule has 142 valence electrons. The molecule has 3 heterocycles. The molecular weight excluding hydrogens is 364 g/mol. The van der Waals surface area contributed by atoms with Gasteiger partial charge in [-0.3, -0.25) is 4.68 Å². The van der Waals surface area contributed by atoms with Gasteiger partial charge in [0.1, 0.15) is 12.0 Å². The SMILES string of the molecule is Cc1nc(-c2ccc(S(=O)(=O)N3CCCC(c4cnn(C)c4)C3)cc2)co1. The van der Waals surface area contributed by atoms with Gasteiger partial charge in [-0.25, -0.2) is 13.4 Å². The van der Waals surface area contributed by atoms with Crippen LogP contribution >= 0.6 is 0 Å². The third kappa shape index (κ3) is 3.54. The second-order valence-corrected chi connectivity index (χ2v) is 8.86. The lowest BCUT2D eigenvalue weighted by molar-refractivity contribution is 0.315. The number of rotatable bonds is 4. The van der Waals surface area contributed by atoms with Crippen molar-refractivity contribution >= 4 is 10.0 Å². The van der Waals surface area contributed by atoms with Gasteiger partial charge >= 0.3 is 0 Å². The molecule has 0 bridgehead atoms. The molecule has 3 aromatic rings. The molecule has 1 saturated heterocycles. The molecule has 1 aliphatic heterocycles. The Morgan fingerprint density at radius 3 is 2.63 bits per heavy atom. The molecule has 2 aromatic heterocycles. The number of aromatic nitrogens is 3. The van der Waals surface area contributed by atoms with E-state index >= 15 is 0 Å². The van der Waals surface area contributed by atoms with E-state index in [-0.39, 0.29) is 5.92 Å². The summed E-state index contributed by atoms with van der Waals surface area (Å²) >= 11 is 0. The molecule has 4 rings (SSSR count). The Hall–Kier alpha value is -2.45. The second-order valence-electron chi connectivity index (χ2n) is 6.93. The van der Waals surface area contributed by atoms with Crippen LogP contribution in [0.25, 0.3) is 11.3 Å². The molecule has 1 atom stereocenters. The fourth-order valence-corrected chi connectivity index (χ4v) is 5.05. The summed E-state index contributed by atoms with van der Waals surface area (Å²) in [6.45, 7) is 2.80. The van der Waals surface area contributed by atoms with Crippen LogP contribution in [-0.2, 0) is 17.1 Å². The third-order valence-electron chi connectivity index (χ3n) is 4.99. The van der Waals surface area contributed by atoms with Crippen LogP contribution in [0.1, 0.15) is 30.2 Å². The summed E-state index contributed by atoms with van der Waals surface area (Å²) < 4.78 is 34.8. The standard InChI is InChI=1S/C19H22N4O3S/c1-14-21-19(13-26-14)15-5-7-18(8-6-15)27(24,25)23-9-3-4-16(12-23)17-10-20-22(2)11-17/h5-8,10-11,13,16H,3-4,9,12H2,1-2H3. The van der Waals surface area contributed by atoms with Gasteiger partial charge in [-0.2, -0.15) is 9.40 Å². The lowest BCUT2D eigenvalue weighted by atomic mass is 9.94. The monoisotopic (exact) mass is 386 g/mol. The van der Waals surface area contributed by atoms with Gasteiger partial charge in [-0.15, -0.1) is 0 Å². The zero-order valence-electron chi connectivity index (χ0n) is 15.4. The zero-order valence-corrected chi connectivity index (χ0v) is 16.2. The molecule has 1 unspecified atom stereocenters. The molecule has 0 N–H and O–H groups in total. The first-order valence-electron chi connectivity index (χ1n) is 8.95. The fraction of sp³-hybridized carbons (Fsp3) is 0.368. The van der Waals surface area contributed by atoms with Gasteiger partial charge in [0.05, 0.1) is 11.1 Å². The maximum Gasteiger partial charge on any atom is 0.243 e. The molecule has 27 heavy (non-hydrogen) atoms. The minimum atomic E-state index is -3.53. The summed E-state index contributed by atoms with van der Waals surface area (Å²) in [6.07, 6.45) is 7.18. The highest BCUT2D eigenvalue weighted by Gasteiger charge is 2.31. The Morgan fingerprint density at radius 1 is 1.22 bits per heavy atom. The second kappa shape index (κ2) is 6.94.